The van der Waals surface area contributed by atoms with Crippen LogP contribution in [-0.4, -0.2) is 49.1 Å². The molecule has 2 aromatic rings. The number of rotatable bonds is 4. The minimum Gasteiger partial charge on any atom is -0.352 e. The van der Waals surface area contributed by atoms with Crippen LogP contribution in [0.15, 0.2) is 35.2 Å². The van der Waals surface area contributed by atoms with Crippen molar-refractivity contribution < 1.29 is 17.2 Å². The van der Waals surface area contributed by atoms with Crippen LogP contribution >= 0.6 is 0 Å². The van der Waals surface area contributed by atoms with Crippen molar-refractivity contribution >= 4 is 15.8 Å². The lowest BCUT2D eigenvalue weighted by atomic mass is 10.2. The standard InChI is InChI=1S/C17H18F2N4O2S/c18-13-3-4-14(19)16(11-13)26(24,25)23-9-7-22(8-10-23)17-6-5-15(20-21-17)12-1-2-12/h3-6,11-12H,1-2,7-10H2. The first kappa shape index (κ1) is 17.3. The maximum atomic E-state index is 13.9. The van der Waals surface area contributed by atoms with Gasteiger partial charge in [0, 0.05) is 32.1 Å². The van der Waals surface area contributed by atoms with E-state index < -0.39 is 26.6 Å². The molecule has 0 amide bonds. The molecule has 0 spiro atoms. The highest BCUT2D eigenvalue weighted by Gasteiger charge is 2.32. The zero-order valence-corrected chi connectivity index (χ0v) is 14.8. The van der Waals surface area contributed by atoms with Crippen LogP contribution in [-0.2, 0) is 10.0 Å². The average Bonchev–Trinajstić information content (AvgIpc) is 3.49. The molecule has 2 fully saturated rings. The quantitative estimate of drug-likeness (QED) is 0.813. The summed E-state index contributed by atoms with van der Waals surface area (Å²) < 4.78 is 53.6. The van der Waals surface area contributed by atoms with E-state index in [2.05, 4.69) is 10.2 Å². The molecule has 1 aliphatic carbocycles. The maximum absolute atomic E-state index is 13.9. The molecule has 1 saturated carbocycles. The van der Waals surface area contributed by atoms with Gasteiger partial charge in [-0.05, 0) is 43.2 Å². The van der Waals surface area contributed by atoms with Crippen LogP contribution in [0.3, 0.4) is 0 Å². The van der Waals surface area contributed by atoms with Gasteiger partial charge in [0.1, 0.15) is 16.5 Å². The predicted molar refractivity (Wildman–Crippen MR) is 91.3 cm³/mol. The van der Waals surface area contributed by atoms with Crippen molar-refractivity contribution in [1.29, 1.82) is 0 Å². The average molecular weight is 380 g/mol. The number of benzene rings is 1. The van der Waals surface area contributed by atoms with Crippen LogP contribution in [0.2, 0.25) is 0 Å². The van der Waals surface area contributed by atoms with Crippen molar-refractivity contribution in [3.8, 4) is 0 Å². The first-order valence-electron chi connectivity index (χ1n) is 8.49. The lowest BCUT2D eigenvalue weighted by Crippen LogP contribution is -2.49. The van der Waals surface area contributed by atoms with Crippen molar-refractivity contribution in [2.75, 3.05) is 31.1 Å². The largest absolute Gasteiger partial charge is 0.352 e. The zero-order valence-electron chi connectivity index (χ0n) is 14.0. The van der Waals surface area contributed by atoms with Gasteiger partial charge in [-0.1, -0.05) is 0 Å². The molecular weight excluding hydrogens is 362 g/mol. The van der Waals surface area contributed by atoms with Crippen molar-refractivity contribution in [2.24, 2.45) is 0 Å². The highest BCUT2D eigenvalue weighted by Crippen LogP contribution is 2.38. The van der Waals surface area contributed by atoms with E-state index in [1.54, 1.807) is 0 Å². The smallest absolute Gasteiger partial charge is 0.246 e. The van der Waals surface area contributed by atoms with Crippen LogP contribution < -0.4 is 4.90 Å². The zero-order chi connectivity index (χ0) is 18.3. The summed E-state index contributed by atoms with van der Waals surface area (Å²) in [6.07, 6.45) is 2.31. The molecule has 138 valence electrons. The number of anilines is 1. The lowest BCUT2D eigenvalue weighted by Gasteiger charge is -2.34. The van der Waals surface area contributed by atoms with E-state index in [4.69, 9.17) is 0 Å². The Balaban J connectivity index is 1.46. The second-order valence-corrected chi connectivity index (χ2v) is 8.46. The van der Waals surface area contributed by atoms with Crippen LogP contribution in [0.1, 0.15) is 24.5 Å². The molecule has 0 N–H and O–H groups in total. The van der Waals surface area contributed by atoms with Crippen molar-refractivity contribution in [1.82, 2.24) is 14.5 Å². The number of halogens is 2. The summed E-state index contributed by atoms with van der Waals surface area (Å²) in [5.74, 6) is -0.506. The Bertz CT molecular complexity index is 909. The van der Waals surface area contributed by atoms with E-state index in [0.717, 1.165) is 36.7 Å². The second kappa shape index (κ2) is 6.55. The van der Waals surface area contributed by atoms with E-state index in [0.29, 0.717) is 24.8 Å². The minimum atomic E-state index is -4.07. The Kier molecular flexibility index (Phi) is 4.36. The highest BCUT2D eigenvalue weighted by atomic mass is 32.2. The van der Waals surface area contributed by atoms with Crippen molar-refractivity contribution in [3.05, 3.63) is 47.7 Å². The Morgan fingerprint density at radius 2 is 1.69 bits per heavy atom. The molecule has 0 atom stereocenters. The van der Waals surface area contributed by atoms with Gasteiger partial charge < -0.3 is 4.90 Å². The summed E-state index contributed by atoms with van der Waals surface area (Å²) in [6, 6.07) is 6.31. The lowest BCUT2D eigenvalue weighted by molar-refractivity contribution is 0.380. The SMILES string of the molecule is O=S(=O)(c1cc(F)ccc1F)N1CCN(c2ccc(C3CC3)nn2)CC1. The number of piperazine rings is 1. The molecule has 1 aromatic carbocycles. The predicted octanol–water partition coefficient (Wildman–Crippen LogP) is 2.14. The van der Waals surface area contributed by atoms with E-state index in [1.165, 1.54) is 4.31 Å². The van der Waals surface area contributed by atoms with E-state index in [1.807, 2.05) is 17.0 Å². The Morgan fingerprint density at radius 3 is 2.31 bits per heavy atom. The highest BCUT2D eigenvalue weighted by molar-refractivity contribution is 7.89. The van der Waals surface area contributed by atoms with E-state index in [9.17, 15) is 17.2 Å². The molecule has 0 unspecified atom stereocenters. The van der Waals surface area contributed by atoms with E-state index >= 15 is 0 Å². The minimum absolute atomic E-state index is 0.171. The van der Waals surface area contributed by atoms with Crippen LogP contribution in [0.4, 0.5) is 14.6 Å². The number of nitrogens with zero attached hydrogens (tertiary/aromatic N) is 4. The topological polar surface area (TPSA) is 66.4 Å². The fourth-order valence-electron chi connectivity index (χ4n) is 3.07. The molecule has 6 nitrogen and oxygen atoms in total. The summed E-state index contributed by atoms with van der Waals surface area (Å²) in [4.78, 5) is 1.32. The van der Waals surface area contributed by atoms with Gasteiger partial charge in [-0.3, -0.25) is 0 Å². The molecule has 2 heterocycles. The number of sulfonamides is 1. The Morgan fingerprint density at radius 1 is 0.962 bits per heavy atom. The van der Waals surface area contributed by atoms with E-state index in [-0.39, 0.29) is 13.1 Å². The fraction of sp³-hybridized carbons (Fsp3) is 0.412. The Labute approximate surface area is 150 Å². The normalized spacial score (nSPS) is 18.9. The molecule has 4 rings (SSSR count). The molecule has 9 heteroatoms. The van der Waals surface area contributed by atoms with Gasteiger partial charge in [-0.25, -0.2) is 17.2 Å². The first-order valence-corrected chi connectivity index (χ1v) is 9.93. The summed E-state index contributed by atoms with van der Waals surface area (Å²) >= 11 is 0. The molecule has 26 heavy (non-hydrogen) atoms. The first-order chi connectivity index (χ1) is 12.4. The van der Waals surface area contributed by atoms with Gasteiger partial charge in [-0.2, -0.15) is 9.40 Å². The van der Waals surface area contributed by atoms with Gasteiger partial charge in [0.15, 0.2) is 5.82 Å². The van der Waals surface area contributed by atoms with Crippen LogP contribution in [0.25, 0.3) is 0 Å². The van der Waals surface area contributed by atoms with Gasteiger partial charge >= 0.3 is 0 Å². The second-order valence-electron chi connectivity index (χ2n) is 6.56. The van der Waals surface area contributed by atoms with Gasteiger partial charge in [0.05, 0.1) is 5.69 Å². The monoisotopic (exact) mass is 380 g/mol. The molecule has 0 bridgehead atoms. The molecule has 1 aliphatic heterocycles. The van der Waals surface area contributed by atoms with Gasteiger partial charge in [0.2, 0.25) is 10.0 Å². The van der Waals surface area contributed by atoms with Crippen LogP contribution in [0, 0.1) is 11.6 Å². The molecule has 1 aromatic heterocycles. The molecule has 0 radical (unpaired) electrons. The summed E-state index contributed by atoms with van der Waals surface area (Å²) in [5.41, 5.74) is 0.997. The summed E-state index contributed by atoms with van der Waals surface area (Å²) in [5, 5.41) is 8.47. The number of hydrogen-bond donors (Lipinski definition) is 0. The molecular formula is C17H18F2N4O2S. The van der Waals surface area contributed by atoms with Crippen molar-refractivity contribution in [3.63, 3.8) is 0 Å². The number of hydrogen-bond acceptors (Lipinski definition) is 5. The van der Waals surface area contributed by atoms with Crippen LogP contribution in [0.5, 0.6) is 0 Å². The van der Waals surface area contributed by atoms with Crippen molar-refractivity contribution in [2.45, 2.75) is 23.7 Å². The molecule has 1 saturated heterocycles. The third-order valence-corrected chi connectivity index (χ3v) is 6.65. The third kappa shape index (κ3) is 3.28. The molecule has 2 aliphatic rings. The summed E-state index contributed by atoms with van der Waals surface area (Å²) in [7, 11) is -4.07. The summed E-state index contributed by atoms with van der Waals surface area (Å²) in [6.45, 7) is 1.16. The van der Waals surface area contributed by atoms with Gasteiger partial charge in [-0.15, -0.1) is 5.10 Å². The maximum Gasteiger partial charge on any atom is 0.246 e. The number of aromatic nitrogens is 2. The fourth-order valence-corrected chi connectivity index (χ4v) is 4.57. The third-order valence-electron chi connectivity index (χ3n) is 4.74. The Hall–Kier alpha value is -2.13. The van der Waals surface area contributed by atoms with Gasteiger partial charge in [0.25, 0.3) is 0 Å².